The topological polar surface area (TPSA) is 101 Å². The Morgan fingerprint density at radius 3 is 1.33 bits per heavy atom. The van der Waals surface area contributed by atoms with Gasteiger partial charge in [0.15, 0.2) is 0 Å². The Morgan fingerprint density at radius 2 is 1.09 bits per heavy atom. The van der Waals surface area contributed by atoms with Gasteiger partial charge in [-0.15, -0.1) is 0 Å². The summed E-state index contributed by atoms with van der Waals surface area (Å²) < 4.78 is 11.6. The Hall–Kier alpha value is -2.12. The summed E-state index contributed by atoms with van der Waals surface area (Å²) in [5.74, 6) is 1.20. The van der Waals surface area contributed by atoms with Crippen LogP contribution in [0.2, 0.25) is 0 Å². The predicted molar refractivity (Wildman–Crippen MR) is 131 cm³/mol. The van der Waals surface area contributed by atoms with Gasteiger partial charge in [-0.1, -0.05) is 55.4 Å². The van der Waals surface area contributed by atoms with Crippen LogP contribution in [0, 0.1) is 29.1 Å². The molecule has 33 heavy (non-hydrogen) atoms. The number of nitrogens with zero attached hydrogens (tertiary/aromatic N) is 2. The second kappa shape index (κ2) is 10.9. The molecule has 0 bridgehead atoms. The van der Waals surface area contributed by atoms with E-state index in [9.17, 15) is 9.59 Å². The van der Waals surface area contributed by atoms with E-state index >= 15 is 0 Å². The van der Waals surface area contributed by atoms with Gasteiger partial charge in [0.25, 0.3) is 0 Å². The van der Waals surface area contributed by atoms with Crippen LogP contribution in [0.15, 0.2) is 9.98 Å². The van der Waals surface area contributed by atoms with Crippen molar-refractivity contribution in [1.29, 1.82) is 0 Å². The molecule has 0 aromatic rings. The fourth-order valence-corrected chi connectivity index (χ4v) is 3.61. The summed E-state index contributed by atoms with van der Waals surface area (Å²) in [4.78, 5) is 35.9. The van der Waals surface area contributed by atoms with Crippen molar-refractivity contribution in [2.75, 3.05) is 13.2 Å². The molecule has 0 unspecified atom stereocenters. The molecule has 0 saturated carbocycles. The summed E-state index contributed by atoms with van der Waals surface area (Å²) in [6, 6.07) is -0.599. The van der Waals surface area contributed by atoms with E-state index in [1.54, 1.807) is 13.8 Å². The molecule has 0 radical (unpaired) electrons. The molecular weight excluding hydrogens is 420 g/mol. The first-order valence-corrected chi connectivity index (χ1v) is 12.3. The molecule has 4 atom stereocenters. The largest absolute Gasteiger partial charge is 0.477 e. The molecule has 188 valence electrons. The van der Waals surface area contributed by atoms with Crippen molar-refractivity contribution in [3.8, 4) is 0 Å². The van der Waals surface area contributed by atoms with Gasteiger partial charge in [-0.25, -0.2) is 9.98 Å². The SMILES string of the molecule is CC(C)[C@H]1COC([C@H](NC(=O)C(C)(C)C(=O)N[C@@H](C2=N[C@@H](C(C)C)CO2)C(C)C)C(C)C)=N1. The van der Waals surface area contributed by atoms with Gasteiger partial charge in [-0.05, 0) is 37.5 Å². The molecule has 0 aliphatic carbocycles. The molecule has 2 amide bonds. The monoisotopic (exact) mass is 464 g/mol. The molecule has 0 aromatic carbocycles. The molecule has 2 aliphatic rings. The minimum absolute atomic E-state index is 0.0649. The Balaban J connectivity index is 2.13. The Bertz CT molecular complexity index is 708. The third-order valence-corrected chi connectivity index (χ3v) is 6.50. The van der Waals surface area contributed by atoms with Crippen molar-refractivity contribution in [3.63, 3.8) is 0 Å². The smallest absolute Gasteiger partial charge is 0.235 e. The summed E-state index contributed by atoms with van der Waals surface area (Å²) in [7, 11) is 0. The molecular formula is C25H44N4O4. The van der Waals surface area contributed by atoms with E-state index in [2.05, 4.69) is 48.3 Å². The van der Waals surface area contributed by atoms with Gasteiger partial charge in [0, 0.05) is 0 Å². The van der Waals surface area contributed by atoms with Crippen LogP contribution in [0.25, 0.3) is 0 Å². The van der Waals surface area contributed by atoms with Crippen LogP contribution in [0.4, 0.5) is 0 Å². The maximum atomic E-state index is 13.3. The van der Waals surface area contributed by atoms with Gasteiger partial charge in [-0.3, -0.25) is 9.59 Å². The summed E-state index contributed by atoms with van der Waals surface area (Å²) in [5, 5.41) is 6.03. The van der Waals surface area contributed by atoms with Crippen LogP contribution in [-0.4, -0.2) is 61.0 Å². The van der Waals surface area contributed by atoms with Crippen molar-refractivity contribution in [1.82, 2.24) is 10.6 Å². The summed E-state index contributed by atoms with van der Waals surface area (Å²) in [6.07, 6.45) is 0. The average Bonchev–Trinajstić information content (AvgIpc) is 3.39. The number of hydrogen-bond acceptors (Lipinski definition) is 6. The highest BCUT2D eigenvalue weighted by Crippen LogP contribution is 2.23. The number of carbonyl (C=O) groups is 2. The van der Waals surface area contributed by atoms with Crippen LogP contribution < -0.4 is 10.6 Å². The van der Waals surface area contributed by atoms with E-state index in [4.69, 9.17) is 9.47 Å². The highest BCUT2D eigenvalue weighted by Gasteiger charge is 2.42. The Kier molecular flexibility index (Phi) is 8.94. The zero-order chi connectivity index (χ0) is 25.1. The van der Waals surface area contributed by atoms with Gasteiger partial charge >= 0.3 is 0 Å². The van der Waals surface area contributed by atoms with Gasteiger partial charge < -0.3 is 20.1 Å². The number of aliphatic imine (C=N–C) groups is 2. The van der Waals surface area contributed by atoms with Crippen LogP contribution in [-0.2, 0) is 19.1 Å². The lowest BCUT2D eigenvalue weighted by molar-refractivity contribution is -0.142. The number of rotatable bonds is 10. The zero-order valence-corrected chi connectivity index (χ0v) is 22.1. The first kappa shape index (κ1) is 27.1. The van der Waals surface area contributed by atoms with Gasteiger partial charge in [-0.2, -0.15) is 0 Å². The molecule has 8 heteroatoms. The second-order valence-corrected chi connectivity index (χ2v) is 11.2. The van der Waals surface area contributed by atoms with Gasteiger partial charge in [0.1, 0.15) is 30.7 Å². The number of nitrogens with one attached hydrogen (secondary N) is 2. The lowest BCUT2D eigenvalue weighted by Gasteiger charge is -2.30. The maximum Gasteiger partial charge on any atom is 0.235 e. The van der Waals surface area contributed by atoms with Crippen LogP contribution in [0.5, 0.6) is 0 Å². The normalized spacial score (nSPS) is 22.7. The lowest BCUT2D eigenvalue weighted by Crippen LogP contribution is -2.56. The molecule has 0 aromatic heterocycles. The van der Waals surface area contributed by atoms with Crippen molar-refractivity contribution >= 4 is 23.6 Å². The average molecular weight is 465 g/mol. The van der Waals surface area contributed by atoms with E-state index in [1.807, 2.05) is 27.7 Å². The van der Waals surface area contributed by atoms with Crippen molar-refractivity contribution < 1.29 is 19.1 Å². The summed E-state index contributed by atoms with van der Waals surface area (Å²) in [5.41, 5.74) is -1.30. The van der Waals surface area contributed by atoms with E-state index < -0.39 is 5.41 Å². The fourth-order valence-electron chi connectivity index (χ4n) is 3.61. The first-order chi connectivity index (χ1) is 15.2. The number of hydrogen-bond donors (Lipinski definition) is 2. The summed E-state index contributed by atoms with van der Waals surface area (Å²) in [6.45, 7) is 20.7. The quantitative estimate of drug-likeness (QED) is 0.485. The molecule has 8 nitrogen and oxygen atoms in total. The zero-order valence-electron chi connectivity index (χ0n) is 22.1. The molecule has 2 N–H and O–H groups in total. The number of ether oxygens (including phenoxy) is 2. The highest BCUT2D eigenvalue weighted by atomic mass is 16.5. The Morgan fingerprint density at radius 1 is 0.758 bits per heavy atom. The van der Waals surface area contributed by atoms with Crippen molar-refractivity contribution in [2.45, 2.75) is 93.4 Å². The van der Waals surface area contributed by atoms with Crippen LogP contribution >= 0.6 is 0 Å². The number of amides is 2. The van der Waals surface area contributed by atoms with E-state index in [-0.39, 0.29) is 47.8 Å². The molecule has 2 rings (SSSR count). The second-order valence-electron chi connectivity index (χ2n) is 11.2. The fraction of sp³-hybridized carbons (Fsp3) is 0.840. The minimum Gasteiger partial charge on any atom is -0.477 e. The molecule has 0 fully saturated rings. The van der Waals surface area contributed by atoms with Crippen molar-refractivity contribution in [2.24, 2.45) is 39.1 Å². The van der Waals surface area contributed by atoms with Gasteiger partial charge in [0.2, 0.25) is 23.6 Å². The van der Waals surface area contributed by atoms with Crippen LogP contribution in [0.1, 0.15) is 69.2 Å². The lowest BCUT2D eigenvalue weighted by atomic mass is 9.88. The van der Waals surface area contributed by atoms with Crippen LogP contribution in [0.3, 0.4) is 0 Å². The van der Waals surface area contributed by atoms with E-state index in [0.717, 1.165) is 0 Å². The molecule has 2 aliphatic heterocycles. The van der Waals surface area contributed by atoms with E-state index in [0.29, 0.717) is 36.8 Å². The summed E-state index contributed by atoms with van der Waals surface area (Å²) >= 11 is 0. The maximum absolute atomic E-state index is 13.3. The first-order valence-electron chi connectivity index (χ1n) is 12.3. The molecule has 0 saturated heterocycles. The Labute approximate surface area is 199 Å². The molecule has 2 heterocycles. The third-order valence-electron chi connectivity index (χ3n) is 6.50. The van der Waals surface area contributed by atoms with Crippen molar-refractivity contribution in [3.05, 3.63) is 0 Å². The standard InChI is InChI=1S/C25H44N4O4/c1-13(2)17-11-32-21(26-17)19(15(5)6)28-23(30)25(9,10)24(31)29-20(16(7)8)22-27-18(12-33-22)14(3)4/h13-20H,11-12H2,1-10H3,(H,28,30)(H,29,31)/t17-,18-,19-,20-/m1/s1. The minimum atomic E-state index is -1.30. The molecule has 0 spiro atoms. The van der Waals surface area contributed by atoms with E-state index in [1.165, 1.54) is 0 Å². The number of carbonyl (C=O) groups excluding carboxylic acids is 2. The highest BCUT2D eigenvalue weighted by molar-refractivity contribution is 6.06. The van der Waals surface area contributed by atoms with Gasteiger partial charge in [0.05, 0.1) is 12.1 Å². The third kappa shape index (κ3) is 6.48. The predicted octanol–water partition coefficient (Wildman–Crippen LogP) is 3.20.